The van der Waals surface area contributed by atoms with E-state index in [1.54, 1.807) is 6.07 Å². The van der Waals surface area contributed by atoms with E-state index in [1.165, 1.54) is 22.4 Å². The summed E-state index contributed by atoms with van der Waals surface area (Å²) in [5.41, 5.74) is 5.17. The Morgan fingerprint density at radius 1 is 1.14 bits per heavy atom. The minimum Gasteiger partial charge on any atom is -0.312 e. The van der Waals surface area contributed by atoms with Gasteiger partial charge in [-0.2, -0.15) is 0 Å². The molecule has 3 rings (SSSR count). The third kappa shape index (κ3) is 2.79. The quantitative estimate of drug-likeness (QED) is 0.935. The van der Waals surface area contributed by atoms with Crippen LogP contribution in [-0.4, -0.2) is 11.6 Å². The molecule has 110 valence electrons. The predicted octanol–water partition coefficient (Wildman–Crippen LogP) is 2.61. The zero-order chi connectivity index (χ0) is 14.8. The molecule has 1 aromatic heterocycles. The summed E-state index contributed by atoms with van der Waals surface area (Å²) in [5.74, 6) is 0. The summed E-state index contributed by atoms with van der Waals surface area (Å²) in [6.45, 7) is 2.79. The molecule has 1 aromatic carbocycles. The number of likely N-dealkylation sites (N-methyl/N-ethyl adjacent to an activating group) is 1. The van der Waals surface area contributed by atoms with Gasteiger partial charge < -0.3 is 9.88 Å². The van der Waals surface area contributed by atoms with Gasteiger partial charge in [0, 0.05) is 18.3 Å². The molecule has 1 atom stereocenters. The molecule has 1 aliphatic rings. The summed E-state index contributed by atoms with van der Waals surface area (Å²) in [7, 11) is 1.96. The van der Waals surface area contributed by atoms with Gasteiger partial charge in [0.2, 0.25) is 0 Å². The molecule has 1 unspecified atom stereocenters. The molecule has 0 spiro atoms. The van der Waals surface area contributed by atoms with Gasteiger partial charge in [0.1, 0.15) is 0 Å². The molecule has 3 heteroatoms. The molecule has 21 heavy (non-hydrogen) atoms. The van der Waals surface area contributed by atoms with Crippen molar-refractivity contribution >= 4 is 0 Å². The number of rotatable bonds is 4. The first-order valence-electron chi connectivity index (χ1n) is 7.64. The molecule has 2 aromatic rings. The van der Waals surface area contributed by atoms with Crippen molar-refractivity contribution < 1.29 is 0 Å². The monoisotopic (exact) mass is 282 g/mol. The lowest BCUT2D eigenvalue weighted by atomic mass is 10.0. The molecule has 0 amide bonds. The lowest BCUT2D eigenvalue weighted by molar-refractivity contribution is 0.480. The number of hydrogen-bond donors (Lipinski definition) is 1. The lowest BCUT2D eigenvalue weighted by Crippen LogP contribution is -2.30. The number of benzene rings is 1. The Morgan fingerprint density at radius 2 is 1.90 bits per heavy atom. The van der Waals surface area contributed by atoms with Crippen LogP contribution in [0.25, 0.3) is 0 Å². The van der Waals surface area contributed by atoms with Crippen LogP contribution >= 0.6 is 0 Å². The number of fused-ring (bicyclic) bond motifs is 1. The Morgan fingerprint density at radius 3 is 2.62 bits per heavy atom. The maximum Gasteiger partial charge on any atom is 0.250 e. The predicted molar refractivity (Wildman–Crippen MR) is 85.7 cm³/mol. The van der Waals surface area contributed by atoms with Crippen molar-refractivity contribution in [2.75, 3.05) is 7.05 Å². The Balaban J connectivity index is 1.93. The van der Waals surface area contributed by atoms with Crippen LogP contribution in [0.1, 0.15) is 34.8 Å². The summed E-state index contributed by atoms with van der Waals surface area (Å²) >= 11 is 0. The second kappa shape index (κ2) is 5.86. The number of nitrogens with one attached hydrogen (secondary N) is 1. The number of aromatic nitrogens is 1. The van der Waals surface area contributed by atoms with Crippen molar-refractivity contribution in [2.45, 2.75) is 38.8 Å². The molecule has 1 N–H and O–H groups in total. The standard InChI is InChI=1S/C18H22N2O/c1-13-6-8-14(9-7-13)16(19-2)12-20-17-5-3-4-15(17)10-11-18(20)21/h6-11,16,19H,3-5,12H2,1-2H3. The van der Waals surface area contributed by atoms with E-state index in [0.29, 0.717) is 6.54 Å². The zero-order valence-corrected chi connectivity index (χ0v) is 12.7. The fraction of sp³-hybridized carbons (Fsp3) is 0.389. The maximum atomic E-state index is 12.3. The Labute approximate surface area is 125 Å². The molecule has 0 saturated carbocycles. The first-order chi connectivity index (χ1) is 10.2. The highest BCUT2D eigenvalue weighted by Gasteiger charge is 2.18. The van der Waals surface area contributed by atoms with E-state index in [9.17, 15) is 4.79 Å². The largest absolute Gasteiger partial charge is 0.312 e. The second-order valence-electron chi connectivity index (χ2n) is 5.86. The summed E-state index contributed by atoms with van der Waals surface area (Å²) < 4.78 is 1.96. The highest BCUT2D eigenvalue weighted by atomic mass is 16.1. The van der Waals surface area contributed by atoms with Gasteiger partial charge in [-0.05, 0) is 44.4 Å². The average molecular weight is 282 g/mol. The van der Waals surface area contributed by atoms with Crippen LogP contribution in [0.2, 0.25) is 0 Å². The van der Waals surface area contributed by atoms with E-state index in [1.807, 2.05) is 17.7 Å². The third-order valence-electron chi connectivity index (χ3n) is 4.44. The van der Waals surface area contributed by atoms with Crippen LogP contribution in [0.5, 0.6) is 0 Å². The molecular weight excluding hydrogens is 260 g/mol. The van der Waals surface area contributed by atoms with Crippen LogP contribution in [0, 0.1) is 6.92 Å². The van der Waals surface area contributed by atoms with Crippen LogP contribution in [0.3, 0.4) is 0 Å². The molecule has 0 fully saturated rings. The smallest absolute Gasteiger partial charge is 0.250 e. The Bertz CT molecular complexity index is 685. The molecule has 1 heterocycles. The van der Waals surface area contributed by atoms with Crippen molar-refractivity contribution in [1.82, 2.24) is 9.88 Å². The van der Waals surface area contributed by atoms with Crippen LogP contribution < -0.4 is 10.9 Å². The van der Waals surface area contributed by atoms with Crippen molar-refractivity contribution in [3.05, 3.63) is 69.1 Å². The second-order valence-corrected chi connectivity index (χ2v) is 5.86. The van der Waals surface area contributed by atoms with Crippen LogP contribution in [0.4, 0.5) is 0 Å². The first kappa shape index (κ1) is 14.1. The third-order valence-corrected chi connectivity index (χ3v) is 4.44. The zero-order valence-electron chi connectivity index (χ0n) is 12.7. The molecule has 0 radical (unpaired) electrons. The Hall–Kier alpha value is -1.87. The Kier molecular flexibility index (Phi) is 3.93. The van der Waals surface area contributed by atoms with Gasteiger partial charge in [-0.25, -0.2) is 0 Å². The van der Waals surface area contributed by atoms with Crippen LogP contribution in [-0.2, 0) is 19.4 Å². The van der Waals surface area contributed by atoms with Gasteiger partial charge in [-0.15, -0.1) is 0 Å². The summed E-state index contributed by atoms with van der Waals surface area (Å²) in [6.07, 6.45) is 3.29. The maximum absolute atomic E-state index is 12.3. The highest BCUT2D eigenvalue weighted by molar-refractivity contribution is 5.27. The van der Waals surface area contributed by atoms with Crippen molar-refractivity contribution in [1.29, 1.82) is 0 Å². The minimum absolute atomic E-state index is 0.114. The van der Waals surface area contributed by atoms with Gasteiger partial charge in [0.15, 0.2) is 0 Å². The average Bonchev–Trinajstić information content (AvgIpc) is 2.96. The van der Waals surface area contributed by atoms with Crippen molar-refractivity contribution in [3.8, 4) is 0 Å². The molecule has 0 bridgehead atoms. The first-order valence-corrected chi connectivity index (χ1v) is 7.64. The summed E-state index contributed by atoms with van der Waals surface area (Å²) in [5, 5.41) is 3.34. The van der Waals surface area contributed by atoms with Gasteiger partial charge in [-0.3, -0.25) is 4.79 Å². The van der Waals surface area contributed by atoms with Crippen molar-refractivity contribution in [2.24, 2.45) is 0 Å². The normalized spacial score (nSPS) is 15.0. The van der Waals surface area contributed by atoms with E-state index in [2.05, 4.69) is 36.5 Å². The fourth-order valence-corrected chi connectivity index (χ4v) is 3.18. The number of aryl methyl sites for hydroxylation is 2. The van der Waals surface area contributed by atoms with Crippen molar-refractivity contribution in [3.63, 3.8) is 0 Å². The van der Waals surface area contributed by atoms with Gasteiger partial charge >= 0.3 is 0 Å². The SMILES string of the molecule is CNC(Cn1c2c(ccc1=O)CCC2)c1ccc(C)cc1. The number of nitrogens with zero attached hydrogens (tertiary/aromatic N) is 1. The van der Waals surface area contributed by atoms with E-state index in [0.717, 1.165) is 19.3 Å². The highest BCUT2D eigenvalue weighted by Crippen LogP contribution is 2.22. The fourth-order valence-electron chi connectivity index (χ4n) is 3.18. The minimum atomic E-state index is 0.114. The number of hydrogen-bond acceptors (Lipinski definition) is 2. The van der Waals surface area contributed by atoms with Crippen LogP contribution in [0.15, 0.2) is 41.2 Å². The summed E-state index contributed by atoms with van der Waals surface area (Å²) in [4.78, 5) is 12.3. The molecule has 3 nitrogen and oxygen atoms in total. The van der Waals surface area contributed by atoms with E-state index in [4.69, 9.17) is 0 Å². The molecular formula is C18H22N2O. The number of pyridine rings is 1. The van der Waals surface area contributed by atoms with Gasteiger partial charge in [0.05, 0.1) is 6.04 Å². The lowest BCUT2D eigenvalue weighted by Gasteiger charge is -2.20. The molecule has 0 aliphatic heterocycles. The van der Waals surface area contributed by atoms with Gasteiger partial charge in [0.25, 0.3) is 5.56 Å². The molecule has 0 saturated heterocycles. The summed E-state index contributed by atoms with van der Waals surface area (Å²) in [6, 6.07) is 12.4. The van der Waals surface area contributed by atoms with Gasteiger partial charge in [-0.1, -0.05) is 35.9 Å². The van der Waals surface area contributed by atoms with E-state index >= 15 is 0 Å². The van der Waals surface area contributed by atoms with E-state index < -0.39 is 0 Å². The van der Waals surface area contributed by atoms with E-state index in [-0.39, 0.29) is 11.6 Å². The topological polar surface area (TPSA) is 34.0 Å². The molecule has 1 aliphatic carbocycles.